The summed E-state index contributed by atoms with van der Waals surface area (Å²) in [4.78, 5) is 25.1. The molecule has 6 N–H and O–H groups in total. The molecule has 0 saturated carbocycles. The minimum Gasteiger partial charge on any atom is -0.466 e. The molecule has 1 amide bonds. The highest BCUT2D eigenvalue weighted by Crippen LogP contribution is 2.24. The molecule has 0 aromatic heterocycles. The summed E-state index contributed by atoms with van der Waals surface area (Å²) in [5, 5.41) is 54.3. The van der Waals surface area contributed by atoms with Crippen molar-refractivity contribution in [1.29, 1.82) is 0 Å². The van der Waals surface area contributed by atoms with Crippen molar-refractivity contribution < 1.29 is 49.3 Å². The lowest BCUT2D eigenvalue weighted by atomic mass is 9.99. The molecule has 7 unspecified atom stereocenters. The fraction of sp³-hybridized carbons (Fsp3) is 0.925. The minimum atomic E-state index is -1.57. The Hall–Kier alpha value is -1.86. The largest absolute Gasteiger partial charge is 0.466 e. The molecule has 1 rings (SSSR count). The van der Waals surface area contributed by atoms with Gasteiger partial charge in [0.15, 0.2) is 6.29 Å². The van der Waals surface area contributed by atoms with E-state index in [1.54, 1.807) is 6.08 Å². The Balaban J connectivity index is 1.84. The predicted molar refractivity (Wildman–Crippen MR) is 384 cm³/mol. The van der Waals surface area contributed by atoms with Gasteiger partial charge >= 0.3 is 5.97 Å². The summed E-state index contributed by atoms with van der Waals surface area (Å²) in [5.74, 6) is -0.158. The van der Waals surface area contributed by atoms with Gasteiger partial charge in [-0.15, -0.1) is 0 Å². The molecule has 91 heavy (non-hydrogen) atoms. The van der Waals surface area contributed by atoms with Crippen molar-refractivity contribution in [2.75, 3.05) is 19.8 Å². The number of rotatable bonds is 72. The lowest BCUT2D eigenvalue weighted by Gasteiger charge is -2.40. The van der Waals surface area contributed by atoms with Gasteiger partial charge in [0.05, 0.1) is 32.0 Å². The number of aliphatic hydroxyl groups excluding tert-OH is 5. The zero-order chi connectivity index (χ0) is 65.8. The first kappa shape index (κ1) is 87.2. The van der Waals surface area contributed by atoms with Gasteiger partial charge in [-0.2, -0.15) is 0 Å². The molecule has 11 heteroatoms. The number of unbranched alkanes of at least 4 members (excludes halogenated alkanes) is 56. The monoisotopic (exact) mass is 1290 g/mol. The van der Waals surface area contributed by atoms with Gasteiger partial charge in [-0.05, 0) is 57.8 Å². The molecule has 538 valence electrons. The zero-order valence-electron chi connectivity index (χ0n) is 60.1. The molecule has 1 fully saturated rings. The molecule has 1 aliphatic rings. The third-order valence-corrected chi connectivity index (χ3v) is 19.3. The Labute approximate surface area is 562 Å². The summed E-state index contributed by atoms with van der Waals surface area (Å²) in [7, 11) is 0. The first-order valence-electron chi connectivity index (χ1n) is 40.1. The number of esters is 1. The van der Waals surface area contributed by atoms with Gasteiger partial charge in [0.1, 0.15) is 24.4 Å². The highest BCUT2D eigenvalue weighted by molar-refractivity contribution is 5.76. The van der Waals surface area contributed by atoms with Gasteiger partial charge in [0.25, 0.3) is 0 Å². The SMILES string of the molecule is CCCCCCCCC/C=C/C(O)C(COC1OC(CO)C(O)C(O)C1O)NC(=O)CCCCCCCCCCCCCCCCCCC/C=C\CCCCCCCCCCCCCCCCCCOC(=O)CCCCCCCCCCCCCCCCCCC. The van der Waals surface area contributed by atoms with E-state index in [2.05, 4.69) is 31.3 Å². The van der Waals surface area contributed by atoms with Crippen LogP contribution in [-0.2, 0) is 23.8 Å². The fourth-order valence-electron chi connectivity index (χ4n) is 13.0. The molecule has 1 heterocycles. The van der Waals surface area contributed by atoms with Crippen LogP contribution in [0.25, 0.3) is 0 Å². The normalized spacial score (nSPS) is 17.6. The van der Waals surface area contributed by atoms with E-state index < -0.39 is 49.5 Å². The van der Waals surface area contributed by atoms with Crippen molar-refractivity contribution in [3.63, 3.8) is 0 Å². The van der Waals surface area contributed by atoms with Crippen molar-refractivity contribution in [2.24, 2.45) is 0 Å². The average molecular weight is 1290 g/mol. The number of allylic oxidation sites excluding steroid dienone is 3. The van der Waals surface area contributed by atoms with Gasteiger partial charge in [0, 0.05) is 12.8 Å². The summed E-state index contributed by atoms with van der Waals surface area (Å²) >= 11 is 0. The Morgan fingerprint density at radius 1 is 0.396 bits per heavy atom. The first-order chi connectivity index (χ1) is 44.7. The van der Waals surface area contributed by atoms with Crippen LogP contribution >= 0.6 is 0 Å². The third kappa shape index (κ3) is 58.1. The quantitative estimate of drug-likeness (QED) is 0.0195. The number of ether oxygens (including phenoxy) is 3. The van der Waals surface area contributed by atoms with Crippen molar-refractivity contribution >= 4 is 11.9 Å². The smallest absolute Gasteiger partial charge is 0.305 e. The van der Waals surface area contributed by atoms with Crippen LogP contribution in [0.4, 0.5) is 0 Å². The number of nitrogens with one attached hydrogen (secondary N) is 1. The van der Waals surface area contributed by atoms with E-state index in [9.17, 15) is 35.1 Å². The summed E-state index contributed by atoms with van der Waals surface area (Å²) in [6.07, 6.45) is 79.5. The third-order valence-electron chi connectivity index (χ3n) is 19.3. The maximum atomic E-state index is 13.0. The molecule has 0 aliphatic carbocycles. The molecule has 0 spiro atoms. The average Bonchev–Trinajstić information content (AvgIpc) is 1.42. The molecular formula is C80H153NO10. The van der Waals surface area contributed by atoms with Crippen LogP contribution < -0.4 is 5.32 Å². The molecule has 11 nitrogen and oxygen atoms in total. The van der Waals surface area contributed by atoms with Crippen molar-refractivity contribution in [2.45, 2.75) is 455 Å². The van der Waals surface area contributed by atoms with E-state index in [0.29, 0.717) is 19.4 Å². The Bertz CT molecular complexity index is 1560. The second-order valence-corrected chi connectivity index (χ2v) is 28.1. The predicted octanol–water partition coefficient (Wildman–Crippen LogP) is 21.5. The van der Waals surface area contributed by atoms with Crippen LogP contribution in [0.2, 0.25) is 0 Å². The molecule has 0 bridgehead atoms. The Kier molecular flexibility index (Phi) is 66.6. The summed E-state index contributed by atoms with van der Waals surface area (Å²) in [6.45, 7) is 4.37. The Morgan fingerprint density at radius 2 is 0.703 bits per heavy atom. The topological polar surface area (TPSA) is 175 Å². The number of aliphatic hydroxyl groups is 5. The zero-order valence-corrected chi connectivity index (χ0v) is 60.1. The highest BCUT2D eigenvalue weighted by Gasteiger charge is 2.44. The van der Waals surface area contributed by atoms with Crippen LogP contribution in [0.5, 0.6) is 0 Å². The molecule has 1 aliphatic heterocycles. The molecule has 0 aromatic carbocycles. The van der Waals surface area contributed by atoms with E-state index in [0.717, 1.165) is 51.4 Å². The molecular weight excluding hydrogens is 1130 g/mol. The van der Waals surface area contributed by atoms with Gasteiger partial charge in [-0.25, -0.2) is 0 Å². The molecule has 0 aromatic rings. The van der Waals surface area contributed by atoms with Crippen molar-refractivity contribution in [3.8, 4) is 0 Å². The van der Waals surface area contributed by atoms with Gasteiger partial charge in [-0.3, -0.25) is 9.59 Å². The number of amides is 1. The van der Waals surface area contributed by atoms with Gasteiger partial charge in [0.2, 0.25) is 5.91 Å². The lowest BCUT2D eigenvalue weighted by Crippen LogP contribution is -2.60. The van der Waals surface area contributed by atoms with Crippen LogP contribution in [0.15, 0.2) is 24.3 Å². The van der Waals surface area contributed by atoms with E-state index in [1.807, 2.05) is 6.08 Å². The summed E-state index contributed by atoms with van der Waals surface area (Å²) in [6, 6.07) is -0.805. The van der Waals surface area contributed by atoms with E-state index >= 15 is 0 Å². The highest BCUT2D eigenvalue weighted by atomic mass is 16.7. The van der Waals surface area contributed by atoms with Crippen LogP contribution in [0.3, 0.4) is 0 Å². The summed E-state index contributed by atoms with van der Waals surface area (Å²) < 4.78 is 16.8. The molecule has 7 atom stereocenters. The standard InChI is InChI=1S/C80H153NO10/c1-3-5-7-9-11-13-14-15-16-38-42-45-48-52-56-60-64-68-76(85)89-69-65-61-57-53-49-46-43-40-37-35-33-31-29-27-25-23-21-19-17-18-20-22-24-26-28-30-32-34-36-39-41-44-47-51-55-59-63-67-75(84)81-72(73(83)66-62-58-54-50-12-10-8-6-4-2)71-90-80-79(88)78(87)77(86)74(70-82)91-80/h17,19,62,66,72-74,77-80,82-83,86-88H,3-16,18,20-61,63-65,67-71H2,1-2H3,(H,81,84)/b19-17-,66-62+. The maximum absolute atomic E-state index is 13.0. The van der Waals surface area contributed by atoms with Crippen molar-refractivity contribution in [3.05, 3.63) is 24.3 Å². The number of hydrogen-bond donors (Lipinski definition) is 6. The molecule has 1 saturated heterocycles. The van der Waals surface area contributed by atoms with E-state index in [4.69, 9.17) is 14.2 Å². The van der Waals surface area contributed by atoms with Crippen LogP contribution in [0, 0.1) is 0 Å². The second kappa shape index (κ2) is 69.5. The van der Waals surface area contributed by atoms with Gasteiger partial charge < -0.3 is 45.1 Å². The van der Waals surface area contributed by atoms with Crippen LogP contribution in [-0.4, -0.2) is 100 Å². The fourth-order valence-corrected chi connectivity index (χ4v) is 13.0. The van der Waals surface area contributed by atoms with Crippen molar-refractivity contribution in [1.82, 2.24) is 5.32 Å². The maximum Gasteiger partial charge on any atom is 0.305 e. The molecule has 0 radical (unpaired) electrons. The number of carbonyl (C=O) groups is 2. The summed E-state index contributed by atoms with van der Waals surface area (Å²) in [5.41, 5.74) is 0. The minimum absolute atomic E-state index is 0.0201. The van der Waals surface area contributed by atoms with Gasteiger partial charge in [-0.1, -0.05) is 366 Å². The van der Waals surface area contributed by atoms with E-state index in [-0.39, 0.29) is 18.5 Å². The Morgan fingerprint density at radius 3 is 1.05 bits per heavy atom. The second-order valence-electron chi connectivity index (χ2n) is 28.1. The lowest BCUT2D eigenvalue weighted by molar-refractivity contribution is -0.302. The first-order valence-corrected chi connectivity index (χ1v) is 40.1. The number of carbonyl (C=O) groups excluding carboxylic acids is 2. The van der Waals surface area contributed by atoms with Crippen LogP contribution in [0.1, 0.15) is 412 Å². The number of hydrogen-bond acceptors (Lipinski definition) is 10. The van der Waals surface area contributed by atoms with E-state index in [1.165, 1.54) is 334 Å².